The van der Waals surface area contributed by atoms with Gasteiger partial charge in [-0.3, -0.25) is 9.67 Å². The monoisotopic (exact) mass is 486 g/mol. The van der Waals surface area contributed by atoms with Gasteiger partial charge < -0.3 is 15.0 Å². The number of pyridine rings is 2. The van der Waals surface area contributed by atoms with Crippen LogP contribution in [0.4, 0.5) is 16.4 Å². The molecule has 4 aromatic heterocycles. The molecule has 5 heterocycles. The zero-order valence-electron chi connectivity index (χ0n) is 21.1. The zero-order valence-corrected chi connectivity index (χ0v) is 21.1. The number of ether oxygens (including phenoxy) is 1. The average Bonchev–Trinajstić information content (AvgIpc) is 3.26. The van der Waals surface area contributed by atoms with Crippen LogP contribution in [0.15, 0.2) is 49.1 Å². The van der Waals surface area contributed by atoms with E-state index in [1.165, 1.54) is 0 Å². The van der Waals surface area contributed by atoms with Crippen molar-refractivity contribution in [3.05, 3.63) is 54.6 Å². The smallest absolute Gasteiger partial charge is 0.410 e. The number of rotatable bonds is 5. The van der Waals surface area contributed by atoms with E-state index in [0.717, 1.165) is 27.7 Å². The Morgan fingerprint density at radius 1 is 1.06 bits per heavy atom. The highest BCUT2D eigenvalue weighted by atomic mass is 16.6. The predicted octanol–water partition coefficient (Wildman–Crippen LogP) is 4.94. The lowest BCUT2D eigenvalue weighted by atomic mass is 10.1. The van der Waals surface area contributed by atoms with Gasteiger partial charge in [-0.25, -0.2) is 9.78 Å². The molecule has 1 fully saturated rings. The summed E-state index contributed by atoms with van der Waals surface area (Å²) in [5.74, 6) is 1.68. The molecule has 36 heavy (non-hydrogen) atoms. The minimum atomic E-state index is -0.501. The molecule has 0 atom stereocenters. The van der Waals surface area contributed by atoms with Gasteiger partial charge in [-0.05, 0) is 56.5 Å². The third-order valence-electron chi connectivity index (χ3n) is 5.96. The standard InChI is InChI=1S/C26H30N8O2/c1-16(2)17-9-24(32-28-11-17)31-23-7-6-21-22(30-23)8-18(10-27-21)19-12-29-34(13-19)20-14-33(15-20)25(35)36-26(3,4)5/h6-13,16,20H,14-15H2,1-5H3,(H,30,31,32). The van der Waals surface area contributed by atoms with E-state index in [4.69, 9.17) is 9.72 Å². The van der Waals surface area contributed by atoms with Crippen LogP contribution in [0.3, 0.4) is 0 Å². The number of fused-ring (bicyclic) bond motifs is 1. The van der Waals surface area contributed by atoms with Gasteiger partial charge in [0, 0.05) is 36.6 Å². The Labute approximate surface area is 209 Å². The number of carbonyl (C=O) groups is 1. The fraction of sp³-hybridized carbons (Fsp3) is 0.385. The van der Waals surface area contributed by atoms with E-state index < -0.39 is 5.60 Å². The normalized spacial score (nSPS) is 14.2. The van der Waals surface area contributed by atoms with Crippen molar-refractivity contribution in [2.45, 2.75) is 52.2 Å². The van der Waals surface area contributed by atoms with Crippen LogP contribution in [0.25, 0.3) is 22.2 Å². The minimum Gasteiger partial charge on any atom is -0.444 e. The van der Waals surface area contributed by atoms with Gasteiger partial charge in [-0.1, -0.05) is 13.8 Å². The van der Waals surface area contributed by atoms with Crippen LogP contribution in [0.2, 0.25) is 0 Å². The summed E-state index contributed by atoms with van der Waals surface area (Å²) < 4.78 is 7.33. The van der Waals surface area contributed by atoms with Crippen molar-refractivity contribution in [1.82, 2.24) is 34.8 Å². The molecule has 1 saturated heterocycles. The second-order valence-electron chi connectivity index (χ2n) is 10.4. The highest BCUT2D eigenvalue weighted by Crippen LogP contribution is 2.27. The van der Waals surface area contributed by atoms with Gasteiger partial charge >= 0.3 is 6.09 Å². The van der Waals surface area contributed by atoms with Gasteiger partial charge in [-0.2, -0.15) is 10.2 Å². The maximum Gasteiger partial charge on any atom is 0.410 e. The van der Waals surface area contributed by atoms with Crippen molar-refractivity contribution in [3.8, 4) is 11.1 Å². The summed E-state index contributed by atoms with van der Waals surface area (Å²) >= 11 is 0. The Hall–Kier alpha value is -4.08. The molecule has 0 aliphatic carbocycles. The molecule has 1 aliphatic heterocycles. The highest BCUT2D eigenvalue weighted by Gasteiger charge is 2.35. The molecule has 0 unspecified atom stereocenters. The predicted molar refractivity (Wildman–Crippen MR) is 137 cm³/mol. The number of nitrogens with zero attached hydrogens (tertiary/aromatic N) is 7. The van der Waals surface area contributed by atoms with E-state index in [-0.39, 0.29) is 12.1 Å². The van der Waals surface area contributed by atoms with Crippen LogP contribution in [0.5, 0.6) is 0 Å². The summed E-state index contributed by atoms with van der Waals surface area (Å²) in [7, 11) is 0. The summed E-state index contributed by atoms with van der Waals surface area (Å²) in [5.41, 5.74) is 4.02. The lowest BCUT2D eigenvalue weighted by molar-refractivity contribution is -0.000382. The second-order valence-corrected chi connectivity index (χ2v) is 10.4. The maximum absolute atomic E-state index is 12.2. The molecular formula is C26H30N8O2. The molecule has 0 spiro atoms. The molecule has 186 valence electrons. The third-order valence-corrected chi connectivity index (χ3v) is 5.96. The number of likely N-dealkylation sites (tertiary alicyclic amines) is 1. The van der Waals surface area contributed by atoms with Crippen LogP contribution in [-0.2, 0) is 4.74 Å². The van der Waals surface area contributed by atoms with Gasteiger partial charge in [0.2, 0.25) is 0 Å². The van der Waals surface area contributed by atoms with E-state index >= 15 is 0 Å². The Balaban J connectivity index is 1.29. The average molecular weight is 487 g/mol. The number of hydrogen-bond donors (Lipinski definition) is 1. The SMILES string of the molecule is CC(C)c1cnnc(Nc2ccc3ncc(-c4cnn(C5CN(C(=O)OC(C)(C)C)C5)c4)cc3n2)c1. The van der Waals surface area contributed by atoms with Crippen LogP contribution >= 0.6 is 0 Å². The van der Waals surface area contributed by atoms with E-state index in [1.807, 2.05) is 68.3 Å². The van der Waals surface area contributed by atoms with Crippen molar-refractivity contribution < 1.29 is 9.53 Å². The molecule has 0 radical (unpaired) electrons. The van der Waals surface area contributed by atoms with Gasteiger partial charge in [0.1, 0.15) is 11.4 Å². The number of amides is 1. The molecule has 10 heteroatoms. The first-order chi connectivity index (χ1) is 17.1. The fourth-order valence-electron chi connectivity index (χ4n) is 3.91. The van der Waals surface area contributed by atoms with Gasteiger partial charge in [0.25, 0.3) is 0 Å². The van der Waals surface area contributed by atoms with E-state index in [1.54, 1.807) is 11.1 Å². The van der Waals surface area contributed by atoms with Gasteiger partial charge in [-0.15, -0.1) is 5.10 Å². The minimum absolute atomic E-state index is 0.122. The molecule has 1 N–H and O–H groups in total. The molecule has 0 bridgehead atoms. The number of aromatic nitrogens is 6. The molecule has 5 rings (SSSR count). The lowest BCUT2D eigenvalue weighted by Crippen LogP contribution is -2.52. The Kier molecular flexibility index (Phi) is 6.03. The summed E-state index contributed by atoms with van der Waals surface area (Å²) in [6, 6.07) is 7.91. The topological polar surface area (TPSA) is 111 Å². The number of anilines is 2. The van der Waals surface area contributed by atoms with Crippen LogP contribution < -0.4 is 5.32 Å². The lowest BCUT2D eigenvalue weighted by Gasteiger charge is -2.39. The first-order valence-corrected chi connectivity index (χ1v) is 12.0. The van der Waals surface area contributed by atoms with E-state index in [2.05, 4.69) is 39.4 Å². The fourth-order valence-corrected chi connectivity index (χ4v) is 3.91. The maximum atomic E-state index is 12.2. The molecule has 1 aliphatic rings. The van der Waals surface area contributed by atoms with Gasteiger partial charge in [0.05, 0.1) is 29.5 Å². The Morgan fingerprint density at radius 2 is 1.86 bits per heavy atom. The molecule has 0 saturated carbocycles. The number of hydrogen-bond acceptors (Lipinski definition) is 8. The molecule has 1 amide bonds. The van der Waals surface area contributed by atoms with Crippen molar-refractivity contribution in [2.24, 2.45) is 0 Å². The quantitative estimate of drug-likeness (QED) is 0.422. The van der Waals surface area contributed by atoms with Crippen molar-refractivity contribution in [1.29, 1.82) is 0 Å². The molecule has 10 nitrogen and oxygen atoms in total. The van der Waals surface area contributed by atoms with Crippen molar-refractivity contribution in [3.63, 3.8) is 0 Å². The third kappa shape index (κ3) is 5.12. The van der Waals surface area contributed by atoms with Crippen LogP contribution in [-0.4, -0.2) is 59.6 Å². The number of carbonyl (C=O) groups excluding carboxylic acids is 1. The Bertz CT molecular complexity index is 1400. The largest absolute Gasteiger partial charge is 0.444 e. The molecule has 4 aromatic rings. The summed E-state index contributed by atoms with van der Waals surface area (Å²) in [6.45, 7) is 11.0. The summed E-state index contributed by atoms with van der Waals surface area (Å²) in [5, 5.41) is 16.0. The number of nitrogens with one attached hydrogen (secondary N) is 1. The van der Waals surface area contributed by atoms with E-state index in [0.29, 0.717) is 30.6 Å². The second kappa shape index (κ2) is 9.18. The van der Waals surface area contributed by atoms with Gasteiger partial charge in [0.15, 0.2) is 5.82 Å². The van der Waals surface area contributed by atoms with Crippen molar-refractivity contribution in [2.75, 3.05) is 18.4 Å². The first kappa shape index (κ1) is 23.7. The zero-order chi connectivity index (χ0) is 25.4. The highest BCUT2D eigenvalue weighted by molar-refractivity contribution is 5.81. The van der Waals surface area contributed by atoms with Crippen molar-refractivity contribution >= 4 is 28.8 Å². The summed E-state index contributed by atoms with van der Waals surface area (Å²) in [6.07, 6.45) is 7.10. The van der Waals surface area contributed by atoms with E-state index in [9.17, 15) is 4.79 Å². The Morgan fingerprint density at radius 3 is 2.61 bits per heavy atom. The summed E-state index contributed by atoms with van der Waals surface area (Å²) in [4.78, 5) is 23.2. The first-order valence-electron chi connectivity index (χ1n) is 12.0. The van der Waals surface area contributed by atoms with Crippen LogP contribution in [0.1, 0.15) is 52.1 Å². The van der Waals surface area contributed by atoms with Crippen LogP contribution in [0, 0.1) is 0 Å². The molecule has 0 aromatic carbocycles. The molecular weight excluding hydrogens is 456 g/mol.